The van der Waals surface area contributed by atoms with Crippen LogP contribution in [-0.2, 0) is 11.2 Å². The second-order valence-corrected chi connectivity index (χ2v) is 10.8. The van der Waals surface area contributed by atoms with Crippen LogP contribution in [0.4, 0.5) is 0 Å². The normalized spacial score (nSPS) is 38.0. The van der Waals surface area contributed by atoms with Gasteiger partial charge < -0.3 is 5.11 Å². The summed E-state index contributed by atoms with van der Waals surface area (Å²) in [6, 6.07) is 8.85. The smallest absolute Gasteiger partial charge is 0.156 e. The highest BCUT2D eigenvalue weighted by molar-refractivity contribution is 5.93. The van der Waals surface area contributed by atoms with Gasteiger partial charge in [0.25, 0.3) is 0 Å². The van der Waals surface area contributed by atoms with E-state index in [1.54, 1.807) is 0 Å². The lowest BCUT2D eigenvalue weighted by atomic mass is 9.48. The molecular weight excluding hydrogens is 392 g/mol. The van der Waals surface area contributed by atoms with Gasteiger partial charge in [0.1, 0.15) is 5.60 Å². The molecule has 0 aromatic heterocycles. The maximum atomic E-state index is 12.5. The van der Waals surface area contributed by atoms with E-state index in [2.05, 4.69) is 62.6 Å². The Kier molecular flexibility index (Phi) is 4.91. The fourth-order valence-electron chi connectivity index (χ4n) is 7.44. The molecule has 1 N–H and O–H groups in total. The Labute approximate surface area is 192 Å². The minimum Gasteiger partial charge on any atom is -0.377 e. The molecule has 0 heterocycles. The van der Waals surface area contributed by atoms with Gasteiger partial charge in [-0.3, -0.25) is 4.79 Å². The molecule has 2 nitrogen and oxygen atoms in total. The van der Waals surface area contributed by atoms with Crippen molar-refractivity contribution in [2.75, 3.05) is 0 Å². The zero-order valence-corrected chi connectivity index (χ0v) is 19.6. The highest BCUT2D eigenvalue weighted by Crippen LogP contribution is 2.66. The van der Waals surface area contributed by atoms with E-state index in [9.17, 15) is 9.90 Å². The van der Waals surface area contributed by atoms with Crippen LogP contribution < -0.4 is 0 Å². The molecule has 2 fully saturated rings. The van der Waals surface area contributed by atoms with Crippen molar-refractivity contribution in [3.05, 3.63) is 70.8 Å². The molecule has 4 aliphatic carbocycles. The quantitative estimate of drug-likeness (QED) is 0.473. The van der Waals surface area contributed by atoms with Crippen molar-refractivity contribution in [2.24, 2.45) is 22.7 Å². The van der Waals surface area contributed by atoms with Gasteiger partial charge in [-0.1, -0.05) is 66.5 Å². The van der Waals surface area contributed by atoms with Crippen LogP contribution in [0.3, 0.4) is 0 Å². The minimum atomic E-state index is -0.918. The number of fused-ring (bicyclic) bond motifs is 5. The number of carbonyl (C=O) groups is 1. The molecule has 2 saturated carbocycles. The van der Waals surface area contributed by atoms with Crippen molar-refractivity contribution < 1.29 is 9.90 Å². The van der Waals surface area contributed by atoms with Crippen LogP contribution in [0.5, 0.6) is 0 Å². The van der Waals surface area contributed by atoms with Gasteiger partial charge in [0, 0.05) is 17.3 Å². The number of rotatable bonds is 2. The first kappa shape index (κ1) is 21.5. The Bertz CT molecular complexity index is 1110. The fraction of sp³-hybridized carbons (Fsp3) is 0.500. The first-order valence-corrected chi connectivity index (χ1v) is 12.1. The van der Waals surface area contributed by atoms with Crippen molar-refractivity contribution in [2.45, 2.75) is 71.3 Å². The first-order chi connectivity index (χ1) is 15.2. The number of ketones is 1. The highest BCUT2D eigenvalue weighted by Gasteiger charge is 2.62. The number of carbonyl (C=O) groups excluding carboxylic acids is 1. The maximum Gasteiger partial charge on any atom is 0.156 e. The molecule has 1 aromatic carbocycles. The van der Waals surface area contributed by atoms with Crippen LogP contribution in [0.2, 0.25) is 0 Å². The van der Waals surface area contributed by atoms with Crippen LogP contribution in [0.25, 0.3) is 0 Å². The molecule has 0 unspecified atom stereocenters. The van der Waals surface area contributed by atoms with E-state index in [0.717, 1.165) is 44.1 Å². The number of aryl methyl sites for hydroxylation is 1. The molecule has 166 valence electrons. The molecule has 32 heavy (non-hydrogen) atoms. The third-order valence-electron chi connectivity index (χ3n) is 9.19. The SMILES string of the molecule is C=C1C[C@@H]2C(=CC[C@@]3(C)[C@H]2CC[C@@]3(O)C#CC)[C@@]2(Cc3ccc(C)cc3)CCC(=O)C=C12. The topological polar surface area (TPSA) is 37.3 Å². The summed E-state index contributed by atoms with van der Waals surface area (Å²) in [7, 11) is 0. The van der Waals surface area contributed by atoms with E-state index in [0.29, 0.717) is 18.3 Å². The summed E-state index contributed by atoms with van der Waals surface area (Å²) in [4.78, 5) is 12.5. The third kappa shape index (κ3) is 2.94. The van der Waals surface area contributed by atoms with Crippen molar-refractivity contribution in [1.29, 1.82) is 0 Å². The molecule has 0 radical (unpaired) electrons. The molecule has 4 aliphatic rings. The molecule has 5 rings (SSSR count). The lowest BCUT2D eigenvalue weighted by Crippen LogP contribution is -2.51. The Hall–Kier alpha value is -2.37. The van der Waals surface area contributed by atoms with Crippen molar-refractivity contribution in [1.82, 2.24) is 0 Å². The fourth-order valence-corrected chi connectivity index (χ4v) is 7.44. The molecule has 0 bridgehead atoms. The summed E-state index contributed by atoms with van der Waals surface area (Å²) in [6.45, 7) is 10.7. The summed E-state index contributed by atoms with van der Waals surface area (Å²) in [5.41, 5.74) is 5.07. The average molecular weight is 427 g/mol. The van der Waals surface area contributed by atoms with Crippen LogP contribution in [0, 0.1) is 41.4 Å². The molecule has 1 aromatic rings. The second kappa shape index (κ2) is 7.32. The van der Waals surface area contributed by atoms with Crippen molar-refractivity contribution in [3.63, 3.8) is 0 Å². The average Bonchev–Trinajstić information content (AvgIpc) is 3.02. The van der Waals surface area contributed by atoms with Crippen molar-refractivity contribution >= 4 is 5.78 Å². The van der Waals surface area contributed by atoms with Crippen LogP contribution in [-0.4, -0.2) is 16.5 Å². The Morgan fingerprint density at radius 2 is 1.97 bits per heavy atom. The summed E-state index contributed by atoms with van der Waals surface area (Å²) in [5.74, 6) is 7.17. The Morgan fingerprint density at radius 3 is 2.69 bits per heavy atom. The predicted molar refractivity (Wildman–Crippen MR) is 129 cm³/mol. The van der Waals surface area contributed by atoms with Crippen molar-refractivity contribution in [3.8, 4) is 11.8 Å². The lowest BCUT2D eigenvalue weighted by molar-refractivity contribution is -0.115. The number of hydrogen-bond donors (Lipinski definition) is 1. The van der Waals surface area contributed by atoms with E-state index in [1.807, 2.05) is 13.0 Å². The van der Waals surface area contributed by atoms with E-state index >= 15 is 0 Å². The van der Waals surface area contributed by atoms with E-state index in [4.69, 9.17) is 0 Å². The molecule has 0 amide bonds. The van der Waals surface area contributed by atoms with Crippen LogP contribution in [0.1, 0.15) is 63.5 Å². The Balaban J connectivity index is 1.64. The largest absolute Gasteiger partial charge is 0.377 e. The van der Waals surface area contributed by atoms with Gasteiger partial charge in [0.15, 0.2) is 5.78 Å². The Morgan fingerprint density at radius 1 is 1.22 bits per heavy atom. The summed E-state index contributed by atoms with van der Waals surface area (Å²) in [5, 5.41) is 11.5. The molecule has 0 saturated heterocycles. The molecule has 0 spiro atoms. The number of aliphatic hydroxyl groups is 1. The van der Waals surface area contributed by atoms with Gasteiger partial charge >= 0.3 is 0 Å². The highest BCUT2D eigenvalue weighted by atomic mass is 16.3. The van der Waals surface area contributed by atoms with E-state index in [1.165, 1.54) is 22.3 Å². The monoisotopic (exact) mass is 426 g/mol. The maximum absolute atomic E-state index is 12.5. The predicted octanol–water partition coefficient (Wildman–Crippen LogP) is 5.89. The summed E-state index contributed by atoms with van der Waals surface area (Å²) >= 11 is 0. The van der Waals surface area contributed by atoms with E-state index in [-0.39, 0.29) is 16.6 Å². The van der Waals surface area contributed by atoms with Gasteiger partial charge in [-0.2, -0.15) is 0 Å². The van der Waals surface area contributed by atoms with Gasteiger partial charge in [0.05, 0.1) is 0 Å². The zero-order chi connectivity index (χ0) is 22.7. The van der Waals surface area contributed by atoms with Gasteiger partial charge in [-0.05, 0) is 81.4 Å². The molecule has 5 atom stereocenters. The standard InChI is InChI=1S/C30H34O2/c1-5-13-30(32)16-12-25-24-17-21(3)27-18-23(31)10-15-29(27,26(24)11-14-28(25,30)4)19-22-8-6-20(2)7-9-22/h6-9,11,18,24-25,32H,3,10,12,14-17,19H2,1-2,4H3/t24-,25-,28-,29-,30-/m0/s1. The minimum absolute atomic E-state index is 0.151. The summed E-state index contributed by atoms with van der Waals surface area (Å²) < 4.78 is 0. The molecule has 0 aliphatic heterocycles. The molecular formula is C30H34O2. The van der Waals surface area contributed by atoms with Gasteiger partial charge in [-0.25, -0.2) is 0 Å². The van der Waals surface area contributed by atoms with Crippen LogP contribution >= 0.6 is 0 Å². The third-order valence-corrected chi connectivity index (χ3v) is 9.19. The van der Waals surface area contributed by atoms with Gasteiger partial charge in [0.2, 0.25) is 0 Å². The number of hydrogen-bond acceptors (Lipinski definition) is 2. The molecule has 2 heteroatoms. The zero-order valence-electron chi connectivity index (χ0n) is 19.6. The van der Waals surface area contributed by atoms with Gasteiger partial charge in [-0.15, -0.1) is 5.92 Å². The lowest BCUT2D eigenvalue weighted by Gasteiger charge is -2.55. The second-order valence-electron chi connectivity index (χ2n) is 10.8. The number of allylic oxidation sites excluding steroid dienone is 5. The van der Waals surface area contributed by atoms with E-state index < -0.39 is 5.60 Å². The summed E-state index contributed by atoms with van der Waals surface area (Å²) in [6.07, 6.45) is 10.2. The number of benzene rings is 1. The first-order valence-electron chi connectivity index (χ1n) is 12.1. The van der Waals surface area contributed by atoms with Crippen LogP contribution in [0.15, 0.2) is 59.7 Å².